The standard InChI is InChI=1S/C13H16F2N2O/c14-13(15,8-16)9-17-11(18)12(6-7-12)10-4-2-1-3-5-10/h1-5H,6-9,16H2,(H,17,18). The molecule has 1 saturated carbocycles. The van der Waals surface area contributed by atoms with Gasteiger partial charge in [-0.05, 0) is 18.4 Å². The van der Waals surface area contributed by atoms with Crippen molar-refractivity contribution in [3.63, 3.8) is 0 Å². The first-order valence-corrected chi connectivity index (χ1v) is 5.92. The summed E-state index contributed by atoms with van der Waals surface area (Å²) in [4.78, 5) is 12.0. The zero-order valence-electron chi connectivity index (χ0n) is 9.96. The summed E-state index contributed by atoms with van der Waals surface area (Å²) in [6.07, 6.45) is 1.41. The van der Waals surface area contributed by atoms with Crippen molar-refractivity contribution < 1.29 is 13.6 Å². The fourth-order valence-corrected chi connectivity index (χ4v) is 1.98. The molecule has 0 atom stereocenters. The highest BCUT2D eigenvalue weighted by Gasteiger charge is 2.51. The van der Waals surface area contributed by atoms with Gasteiger partial charge in [0.2, 0.25) is 5.91 Å². The van der Waals surface area contributed by atoms with E-state index >= 15 is 0 Å². The summed E-state index contributed by atoms with van der Waals surface area (Å²) in [6.45, 7) is -1.46. The lowest BCUT2D eigenvalue weighted by Crippen LogP contribution is -2.45. The second-order valence-electron chi connectivity index (χ2n) is 4.69. The van der Waals surface area contributed by atoms with Crippen LogP contribution in [-0.2, 0) is 10.2 Å². The number of nitrogens with one attached hydrogen (secondary N) is 1. The van der Waals surface area contributed by atoms with Crippen LogP contribution >= 0.6 is 0 Å². The molecule has 1 aromatic carbocycles. The Morgan fingerprint density at radius 2 is 1.94 bits per heavy atom. The molecular formula is C13H16F2N2O. The third-order valence-electron chi connectivity index (χ3n) is 3.32. The van der Waals surface area contributed by atoms with Gasteiger partial charge in [0.05, 0.1) is 18.5 Å². The number of amides is 1. The largest absolute Gasteiger partial charge is 0.349 e. The van der Waals surface area contributed by atoms with Gasteiger partial charge in [-0.2, -0.15) is 0 Å². The van der Waals surface area contributed by atoms with Crippen molar-refractivity contribution in [2.24, 2.45) is 5.73 Å². The third-order valence-corrected chi connectivity index (χ3v) is 3.32. The van der Waals surface area contributed by atoms with Crippen LogP contribution in [0.25, 0.3) is 0 Å². The van der Waals surface area contributed by atoms with Crippen LogP contribution in [0.2, 0.25) is 0 Å². The quantitative estimate of drug-likeness (QED) is 0.835. The van der Waals surface area contributed by atoms with Crippen LogP contribution in [-0.4, -0.2) is 24.9 Å². The van der Waals surface area contributed by atoms with Crippen LogP contribution in [0.5, 0.6) is 0 Å². The third kappa shape index (κ3) is 2.51. The summed E-state index contributed by atoms with van der Waals surface area (Å²) in [5.41, 5.74) is 5.21. The Labute approximate surface area is 104 Å². The van der Waals surface area contributed by atoms with Crippen LogP contribution in [0.1, 0.15) is 18.4 Å². The van der Waals surface area contributed by atoms with Gasteiger partial charge in [-0.25, -0.2) is 8.78 Å². The number of benzene rings is 1. The van der Waals surface area contributed by atoms with E-state index in [1.54, 1.807) is 0 Å². The van der Waals surface area contributed by atoms with E-state index in [1.165, 1.54) is 0 Å². The molecule has 1 amide bonds. The molecule has 5 heteroatoms. The van der Waals surface area contributed by atoms with E-state index in [0.717, 1.165) is 5.56 Å². The Hall–Kier alpha value is -1.49. The second-order valence-corrected chi connectivity index (χ2v) is 4.69. The Bertz CT molecular complexity index is 430. The van der Waals surface area contributed by atoms with Crippen molar-refractivity contribution in [3.8, 4) is 0 Å². The fourth-order valence-electron chi connectivity index (χ4n) is 1.98. The highest BCUT2D eigenvalue weighted by molar-refractivity contribution is 5.91. The molecule has 0 heterocycles. The number of halogens is 2. The highest BCUT2D eigenvalue weighted by atomic mass is 19.3. The van der Waals surface area contributed by atoms with E-state index in [1.807, 2.05) is 30.3 Å². The van der Waals surface area contributed by atoms with E-state index < -0.39 is 24.4 Å². The topological polar surface area (TPSA) is 55.1 Å². The average molecular weight is 254 g/mol. The minimum absolute atomic E-state index is 0.332. The van der Waals surface area contributed by atoms with E-state index in [9.17, 15) is 13.6 Å². The molecule has 1 aliphatic carbocycles. The maximum atomic E-state index is 13.0. The summed E-state index contributed by atoms with van der Waals surface area (Å²) >= 11 is 0. The van der Waals surface area contributed by atoms with Gasteiger partial charge in [-0.3, -0.25) is 4.79 Å². The number of rotatable bonds is 5. The molecule has 1 aromatic rings. The van der Waals surface area contributed by atoms with Crippen molar-refractivity contribution >= 4 is 5.91 Å². The first-order valence-electron chi connectivity index (χ1n) is 5.92. The van der Waals surface area contributed by atoms with Gasteiger partial charge in [0.1, 0.15) is 0 Å². The molecule has 0 unspecified atom stereocenters. The molecule has 2 rings (SSSR count). The van der Waals surface area contributed by atoms with Crippen molar-refractivity contribution in [3.05, 3.63) is 35.9 Å². The molecule has 3 N–H and O–H groups in total. The predicted octanol–water partition coefficient (Wildman–Crippen LogP) is 1.43. The van der Waals surface area contributed by atoms with E-state index in [-0.39, 0.29) is 5.91 Å². The monoisotopic (exact) mass is 254 g/mol. The number of carbonyl (C=O) groups is 1. The Kier molecular flexibility index (Phi) is 3.34. The predicted molar refractivity (Wildman–Crippen MR) is 64.4 cm³/mol. The van der Waals surface area contributed by atoms with Gasteiger partial charge < -0.3 is 11.1 Å². The summed E-state index contributed by atoms with van der Waals surface area (Å²) in [6, 6.07) is 9.26. The van der Waals surface area contributed by atoms with Gasteiger partial charge in [0, 0.05) is 0 Å². The maximum Gasteiger partial charge on any atom is 0.277 e. The van der Waals surface area contributed by atoms with Crippen LogP contribution in [0.4, 0.5) is 8.78 Å². The fraction of sp³-hybridized carbons (Fsp3) is 0.462. The molecule has 0 spiro atoms. The molecule has 0 bridgehead atoms. The molecule has 1 fully saturated rings. The Morgan fingerprint density at radius 3 is 2.44 bits per heavy atom. The summed E-state index contributed by atoms with van der Waals surface area (Å²) < 4.78 is 26.0. The van der Waals surface area contributed by atoms with Crippen LogP contribution in [0, 0.1) is 0 Å². The van der Waals surface area contributed by atoms with Crippen molar-refractivity contribution in [2.45, 2.75) is 24.2 Å². The molecule has 0 radical (unpaired) electrons. The number of hydrogen-bond acceptors (Lipinski definition) is 2. The van der Waals surface area contributed by atoms with Gasteiger partial charge in [-0.15, -0.1) is 0 Å². The molecule has 1 aliphatic rings. The second kappa shape index (κ2) is 4.65. The lowest BCUT2D eigenvalue weighted by atomic mass is 9.95. The smallest absolute Gasteiger partial charge is 0.277 e. The van der Waals surface area contributed by atoms with Gasteiger partial charge >= 0.3 is 0 Å². The Morgan fingerprint density at radius 1 is 1.33 bits per heavy atom. The van der Waals surface area contributed by atoms with Crippen molar-refractivity contribution in [2.75, 3.05) is 13.1 Å². The average Bonchev–Trinajstić information content (AvgIpc) is 3.19. The molecule has 0 aliphatic heterocycles. The number of nitrogens with two attached hydrogens (primary N) is 1. The van der Waals surface area contributed by atoms with E-state index in [0.29, 0.717) is 12.8 Å². The number of carbonyl (C=O) groups excluding carboxylic acids is 1. The van der Waals surface area contributed by atoms with Crippen molar-refractivity contribution in [1.82, 2.24) is 5.32 Å². The van der Waals surface area contributed by atoms with Gasteiger partial charge in [0.25, 0.3) is 5.92 Å². The van der Waals surface area contributed by atoms with Gasteiger partial charge in [-0.1, -0.05) is 30.3 Å². The normalized spacial score (nSPS) is 17.3. The summed E-state index contributed by atoms with van der Waals surface area (Å²) in [5.74, 6) is -3.37. The molecule has 18 heavy (non-hydrogen) atoms. The molecule has 0 aromatic heterocycles. The maximum absolute atomic E-state index is 13.0. The first-order chi connectivity index (χ1) is 8.50. The first kappa shape index (κ1) is 13.0. The highest BCUT2D eigenvalue weighted by Crippen LogP contribution is 2.48. The number of hydrogen-bond donors (Lipinski definition) is 2. The minimum Gasteiger partial charge on any atom is -0.349 e. The zero-order valence-corrected chi connectivity index (χ0v) is 9.96. The van der Waals surface area contributed by atoms with Crippen LogP contribution in [0.15, 0.2) is 30.3 Å². The van der Waals surface area contributed by atoms with Crippen molar-refractivity contribution in [1.29, 1.82) is 0 Å². The summed E-state index contributed by atoms with van der Waals surface area (Å²) in [5, 5.41) is 2.31. The van der Waals surface area contributed by atoms with Gasteiger partial charge in [0.15, 0.2) is 0 Å². The summed E-state index contributed by atoms with van der Waals surface area (Å²) in [7, 11) is 0. The SMILES string of the molecule is NCC(F)(F)CNC(=O)C1(c2ccccc2)CC1. The van der Waals surface area contributed by atoms with Crippen LogP contribution in [0.3, 0.4) is 0 Å². The van der Waals surface area contributed by atoms with E-state index in [2.05, 4.69) is 5.32 Å². The van der Waals surface area contributed by atoms with E-state index in [4.69, 9.17) is 5.73 Å². The molecule has 3 nitrogen and oxygen atoms in total. The number of alkyl halides is 2. The zero-order chi connectivity index (χ0) is 13.2. The molecule has 98 valence electrons. The lowest BCUT2D eigenvalue weighted by molar-refractivity contribution is -0.125. The molecular weight excluding hydrogens is 238 g/mol. The minimum atomic E-state index is -3.04. The van der Waals surface area contributed by atoms with Crippen LogP contribution < -0.4 is 11.1 Å². The molecule has 0 saturated heterocycles. The Balaban J connectivity index is 2.02. The lowest BCUT2D eigenvalue weighted by Gasteiger charge is -2.19.